The lowest BCUT2D eigenvalue weighted by Gasteiger charge is -2.29. The van der Waals surface area contributed by atoms with Gasteiger partial charge in [-0.15, -0.1) is 23.7 Å². The lowest BCUT2D eigenvalue weighted by atomic mass is 9.92. The molecule has 0 aliphatic heterocycles. The number of aryl methyl sites for hydroxylation is 1. The molecule has 0 spiro atoms. The lowest BCUT2D eigenvalue weighted by molar-refractivity contribution is -0.135. The van der Waals surface area contributed by atoms with E-state index in [9.17, 15) is 4.79 Å². The maximum absolute atomic E-state index is 12.6. The zero-order valence-corrected chi connectivity index (χ0v) is 14.1. The Kier molecular flexibility index (Phi) is 5.96. The summed E-state index contributed by atoms with van der Waals surface area (Å²) in [5.74, 6) is -0.0727. The molecule has 0 saturated heterocycles. The van der Waals surface area contributed by atoms with E-state index in [0.29, 0.717) is 6.54 Å². The predicted molar refractivity (Wildman–Crippen MR) is 90.8 cm³/mol. The van der Waals surface area contributed by atoms with Crippen molar-refractivity contribution in [3.8, 4) is 0 Å². The minimum absolute atomic E-state index is 0. The first-order valence-electron chi connectivity index (χ1n) is 6.56. The van der Waals surface area contributed by atoms with Gasteiger partial charge in [0.25, 0.3) is 0 Å². The van der Waals surface area contributed by atoms with Crippen LogP contribution in [0.25, 0.3) is 0 Å². The molecule has 1 atom stereocenters. The normalized spacial score (nSPS) is 13.1. The van der Waals surface area contributed by atoms with Crippen LogP contribution in [0.5, 0.6) is 0 Å². The molecule has 1 amide bonds. The van der Waals surface area contributed by atoms with Crippen molar-refractivity contribution >= 4 is 29.7 Å². The average molecular weight is 325 g/mol. The van der Waals surface area contributed by atoms with Gasteiger partial charge in [0.1, 0.15) is 5.54 Å². The summed E-state index contributed by atoms with van der Waals surface area (Å²) >= 11 is 1.67. The quantitative estimate of drug-likeness (QED) is 0.937. The SMILES string of the molecule is Cc1ccsc1CN(C)C(=O)C(C)(N)c1ccccc1.Cl. The minimum atomic E-state index is -0.999. The maximum Gasteiger partial charge on any atom is 0.247 e. The fraction of sp³-hybridized carbons (Fsp3) is 0.312. The number of amides is 1. The summed E-state index contributed by atoms with van der Waals surface area (Å²) < 4.78 is 0. The zero-order valence-electron chi connectivity index (χ0n) is 12.5. The number of carbonyl (C=O) groups is 1. The second kappa shape index (κ2) is 7.07. The van der Waals surface area contributed by atoms with E-state index < -0.39 is 5.54 Å². The molecule has 114 valence electrons. The minimum Gasteiger partial charge on any atom is -0.339 e. The summed E-state index contributed by atoms with van der Waals surface area (Å²) in [5.41, 5.74) is 7.31. The molecule has 21 heavy (non-hydrogen) atoms. The molecular formula is C16H21ClN2OS. The second-order valence-corrected chi connectivity index (χ2v) is 6.26. The van der Waals surface area contributed by atoms with E-state index in [1.54, 1.807) is 30.2 Å². The number of hydrogen-bond acceptors (Lipinski definition) is 3. The molecular weight excluding hydrogens is 304 g/mol. The fourth-order valence-corrected chi connectivity index (χ4v) is 3.12. The van der Waals surface area contributed by atoms with Gasteiger partial charge in [0.2, 0.25) is 5.91 Å². The van der Waals surface area contributed by atoms with Gasteiger partial charge in [-0.05, 0) is 36.4 Å². The maximum atomic E-state index is 12.6. The zero-order chi connectivity index (χ0) is 14.8. The van der Waals surface area contributed by atoms with Crippen LogP contribution in [-0.4, -0.2) is 17.9 Å². The molecule has 5 heteroatoms. The Bertz CT molecular complexity index is 595. The second-order valence-electron chi connectivity index (χ2n) is 5.26. The Morgan fingerprint density at radius 1 is 1.29 bits per heavy atom. The first-order valence-corrected chi connectivity index (χ1v) is 7.44. The van der Waals surface area contributed by atoms with E-state index >= 15 is 0 Å². The summed E-state index contributed by atoms with van der Waals surface area (Å²) in [6, 6.07) is 11.6. The van der Waals surface area contributed by atoms with Crippen LogP contribution in [0.1, 0.15) is 22.9 Å². The Hall–Kier alpha value is -1.36. The third-order valence-electron chi connectivity index (χ3n) is 3.51. The summed E-state index contributed by atoms with van der Waals surface area (Å²) in [7, 11) is 1.80. The molecule has 2 rings (SSSR count). The highest BCUT2D eigenvalue weighted by Crippen LogP contribution is 2.23. The van der Waals surface area contributed by atoms with Gasteiger partial charge in [-0.2, -0.15) is 0 Å². The van der Waals surface area contributed by atoms with Gasteiger partial charge in [-0.3, -0.25) is 4.79 Å². The van der Waals surface area contributed by atoms with E-state index in [-0.39, 0.29) is 18.3 Å². The van der Waals surface area contributed by atoms with Crippen LogP contribution in [0.4, 0.5) is 0 Å². The molecule has 2 N–H and O–H groups in total. The van der Waals surface area contributed by atoms with Crippen molar-refractivity contribution in [2.75, 3.05) is 7.05 Å². The molecule has 2 aromatic rings. The topological polar surface area (TPSA) is 46.3 Å². The van der Waals surface area contributed by atoms with Crippen molar-refractivity contribution in [1.29, 1.82) is 0 Å². The van der Waals surface area contributed by atoms with Crippen LogP contribution >= 0.6 is 23.7 Å². The Morgan fingerprint density at radius 2 is 1.90 bits per heavy atom. The summed E-state index contributed by atoms with van der Waals surface area (Å²) in [6.45, 7) is 4.42. The standard InChI is InChI=1S/C16H20N2OS.ClH/c1-12-9-10-20-14(12)11-18(3)15(19)16(2,17)13-7-5-4-6-8-13;/h4-10H,11,17H2,1-3H3;1H. The third kappa shape index (κ3) is 3.84. The number of nitrogens with zero attached hydrogens (tertiary/aromatic N) is 1. The van der Waals surface area contributed by atoms with Crippen LogP contribution in [0.15, 0.2) is 41.8 Å². The number of benzene rings is 1. The van der Waals surface area contributed by atoms with Crippen LogP contribution in [0.2, 0.25) is 0 Å². The predicted octanol–water partition coefficient (Wildman–Crippen LogP) is 3.31. The molecule has 0 radical (unpaired) electrons. The molecule has 1 heterocycles. The molecule has 3 nitrogen and oxygen atoms in total. The summed E-state index contributed by atoms with van der Waals surface area (Å²) in [6.07, 6.45) is 0. The summed E-state index contributed by atoms with van der Waals surface area (Å²) in [5, 5.41) is 2.04. The van der Waals surface area contributed by atoms with E-state index in [4.69, 9.17) is 5.73 Å². The molecule has 1 unspecified atom stereocenters. The number of thiophene rings is 1. The molecule has 1 aromatic carbocycles. The molecule has 0 aliphatic carbocycles. The first-order chi connectivity index (χ1) is 9.43. The van der Waals surface area contributed by atoms with E-state index in [0.717, 1.165) is 5.56 Å². The summed E-state index contributed by atoms with van der Waals surface area (Å²) in [4.78, 5) is 15.5. The highest BCUT2D eigenvalue weighted by molar-refractivity contribution is 7.10. The van der Waals surface area contributed by atoms with Crippen LogP contribution < -0.4 is 5.73 Å². The number of nitrogens with two attached hydrogens (primary N) is 1. The van der Waals surface area contributed by atoms with Gasteiger partial charge < -0.3 is 10.6 Å². The van der Waals surface area contributed by atoms with Crippen molar-refractivity contribution < 1.29 is 4.79 Å². The highest BCUT2D eigenvalue weighted by atomic mass is 35.5. The van der Waals surface area contributed by atoms with E-state index in [1.165, 1.54) is 10.4 Å². The van der Waals surface area contributed by atoms with Crippen LogP contribution in [0, 0.1) is 6.92 Å². The van der Waals surface area contributed by atoms with E-state index in [1.807, 2.05) is 35.7 Å². The van der Waals surface area contributed by atoms with E-state index in [2.05, 4.69) is 13.0 Å². The first kappa shape index (κ1) is 17.7. The highest BCUT2D eigenvalue weighted by Gasteiger charge is 2.33. The number of likely N-dealkylation sites (N-methyl/N-ethyl adjacent to an activating group) is 1. The molecule has 0 fully saturated rings. The number of carbonyl (C=O) groups excluding carboxylic acids is 1. The molecule has 1 aromatic heterocycles. The molecule has 0 bridgehead atoms. The van der Waals surface area contributed by atoms with Crippen molar-refractivity contribution in [2.45, 2.75) is 25.9 Å². The van der Waals surface area contributed by atoms with Crippen LogP contribution in [0.3, 0.4) is 0 Å². The van der Waals surface area contributed by atoms with Crippen LogP contribution in [-0.2, 0) is 16.9 Å². The Labute approximate surface area is 136 Å². The van der Waals surface area contributed by atoms with Gasteiger partial charge >= 0.3 is 0 Å². The number of hydrogen-bond donors (Lipinski definition) is 1. The smallest absolute Gasteiger partial charge is 0.247 e. The van der Waals surface area contributed by atoms with Gasteiger partial charge in [0.15, 0.2) is 0 Å². The fourth-order valence-electron chi connectivity index (χ4n) is 2.16. The monoisotopic (exact) mass is 324 g/mol. The van der Waals surface area contributed by atoms with Gasteiger partial charge in [0.05, 0.1) is 6.54 Å². The van der Waals surface area contributed by atoms with Crippen molar-refractivity contribution in [3.05, 3.63) is 57.8 Å². The van der Waals surface area contributed by atoms with Gasteiger partial charge in [-0.1, -0.05) is 30.3 Å². The Morgan fingerprint density at radius 3 is 2.43 bits per heavy atom. The number of rotatable bonds is 4. The van der Waals surface area contributed by atoms with Gasteiger partial charge in [-0.25, -0.2) is 0 Å². The average Bonchev–Trinajstić information content (AvgIpc) is 2.84. The molecule has 0 aliphatic rings. The Balaban J connectivity index is 0.00000220. The van der Waals surface area contributed by atoms with Crippen molar-refractivity contribution in [1.82, 2.24) is 4.90 Å². The van der Waals surface area contributed by atoms with Crippen molar-refractivity contribution in [3.63, 3.8) is 0 Å². The van der Waals surface area contributed by atoms with Gasteiger partial charge in [0, 0.05) is 11.9 Å². The largest absolute Gasteiger partial charge is 0.339 e. The third-order valence-corrected chi connectivity index (χ3v) is 4.52. The lowest BCUT2D eigenvalue weighted by Crippen LogP contribution is -2.49. The molecule has 0 saturated carbocycles. The van der Waals surface area contributed by atoms with Crippen molar-refractivity contribution in [2.24, 2.45) is 5.73 Å². The number of halogens is 1.